The summed E-state index contributed by atoms with van der Waals surface area (Å²) in [6.07, 6.45) is 0. The van der Waals surface area contributed by atoms with Crippen molar-refractivity contribution < 1.29 is 9.18 Å². The number of H-pyrrole nitrogens is 1. The highest BCUT2D eigenvalue weighted by atomic mass is 79.9. The first-order chi connectivity index (χ1) is 10.0. The average molecular weight is 354 g/mol. The zero-order valence-electron chi connectivity index (χ0n) is 11.3. The van der Waals surface area contributed by atoms with Crippen LogP contribution in [-0.2, 0) is 6.54 Å². The van der Waals surface area contributed by atoms with E-state index in [1.165, 1.54) is 23.1 Å². The number of carbonyl (C=O) groups is 1. The molecular weight excluding hydrogens is 341 g/mol. The van der Waals surface area contributed by atoms with E-state index in [9.17, 15) is 14.0 Å². The highest BCUT2D eigenvalue weighted by molar-refractivity contribution is 9.10. The SMILES string of the molecule is CCN(Cc1cc(Br)ccc1F)C(=O)c1ccc(=O)[nH]n1. The Morgan fingerprint density at radius 1 is 1.38 bits per heavy atom. The maximum Gasteiger partial charge on any atom is 0.274 e. The van der Waals surface area contributed by atoms with Crippen LogP contribution < -0.4 is 5.56 Å². The third-order valence-electron chi connectivity index (χ3n) is 2.94. The summed E-state index contributed by atoms with van der Waals surface area (Å²) in [6.45, 7) is 2.31. The molecule has 110 valence electrons. The molecule has 5 nitrogen and oxygen atoms in total. The van der Waals surface area contributed by atoms with E-state index in [0.29, 0.717) is 12.1 Å². The smallest absolute Gasteiger partial charge is 0.274 e. The van der Waals surface area contributed by atoms with Gasteiger partial charge in [-0.25, -0.2) is 9.49 Å². The van der Waals surface area contributed by atoms with E-state index >= 15 is 0 Å². The molecule has 0 aliphatic heterocycles. The van der Waals surface area contributed by atoms with Gasteiger partial charge in [0.1, 0.15) is 11.5 Å². The fourth-order valence-corrected chi connectivity index (χ4v) is 2.23. The van der Waals surface area contributed by atoms with E-state index in [2.05, 4.69) is 26.1 Å². The van der Waals surface area contributed by atoms with Crippen molar-refractivity contribution in [1.82, 2.24) is 15.1 Å². The standard InChI is InChI=1S/C14H13BrFN3O2/c1-2-19(8-9-7-10(15)3-4-11(9)16)14(21)12-5-6-13(20)18-17-12/h3-7H,2,8H2,1H3,(H,18,20). The number of amides is 1. The van der Waals surface area contributed by atoms with Crippen LogP contribution in [0.5, 0.6) is 0 Å². The predicted octanol–water partition coefficient (Wildman–Crippen LogP) is 2.33. The first kappa shape index (κ1) is 15.4. The molecule has 2 aromatic rings. The Kier molecular flexibility index (Phi) is 4.85. The number of aromatic amines is 1. The fourth-order valence-electron chi connectivity index (χ4n) is 1.82. The predicted molar refractivity (Wildman–Crippen MR) is 79.4 cm³/mol. The van der Waals surface area contributed by atoms with Crippen LogP contribution in [0.15, 0.2) is 39.6 Å². The zero-order valence-corrected chi connectivity index (χ0v) is 12.9. The lowest BCUT2D eigenvalue weighted by molar-refractivity contribution is 0.0744. The van der Waals surface area contributed by atoms with Crippen LogP contribution in [0.3, 0.4) is 0 Å². The summed E-state index contributed by atoms with van der Waals surface area (Å²) >= 11 is 3.28. The van der Waals surface area contributed by atoms with Gasteiger partial charge in [-0.05, 0) is 31.2 Å². The Labute approximate surface area is 128 Å². The second kappa shape index (κ2) is 6.62. The van der Waals surface area contributed by atoms with Gasteiger partial charge in [-0.3, -0.25) is 9.59 Å². The molecule has 2 rings (SSSR count). The van der Waals surface area contributed by atoms with Crippen LogP contribution >= 0.6 is 15.9 Å². The third kappa shape index (κ3) is 3.75. The number of nitrogens with zero attached hydrogens (tertiary/aromatic N) is 2. The van der Waals surface area contributed by atoms with Crippen molar-refractivity contribution in [2.24, 2.45) is 0 Å². The summed E-state index contributed by atoms with van der Waals surface area (Å²) in [5, 5.41) is 5.91. The van der Waals surface area contributed by atoms with Gasteiger partial charge < -0.3 is 4.90 Å². The van der Waals surface area contributed by atoms with Gasteiger partial charge in [0.25, 0.3) is 11.5 Å². The number of carbonyl (C=O) groups excluding carboxylic acids is 1. The molecule has 0 aliphatic carbocycles. The molecule has 0 radical (unpaired) electrons. The van der Waals surface area contributed by atoms with Crippen LogP contribution in [-0.4, -0.2) is 27.5 Å². The Hall–Kier alpha value is -2.02. The summed E-state index contributed by atoms with van der Waals surface area (Å²) < 4.78 is 14.5. The molecule has 1 heterocycles. The van der Waals surface area contributed by atoms with Gasteiger partial charge in [-0.2, -0.15) is 5.10 Å². The van der Waals surface area contributed by atoms with E-state index in [0.717, 1.165) is 4.47 Å². The van der Waals surface area contributed by atoms with Crippen molar-refractivity contribution in [2.75, 3.05) is 6.54 Å². The van der Waals surface area contributed by atoms with Gasteiger partial charge in [0.05, 0.1) is 0 Å². The van der Waals surface area contributed by atoms with E-state index < -0.39 is 0 Å². The summed E-state index contributed by atoms with van der Waals surface area (Å²) in [5.41, 5.74) is 0.142. The second-order valence-corrected chi connectivity index (χ2v) is 5.28. The van der Waals surface area contributed by atoms with Gasteiger partial charge in [0.15, 0.2) is 0 Å². The van der Waals surface area contributed by atoms with Gasteiger partial charge in [-0.15, -0.1) is 0 Å². The Morgan fingerprint density at radius 2 is 2.14 bits per heavy atom. The van der Waals surface area contributed by atoms with Gasteiger partial charge in [0.2, 0.25) is 0 Å². The molecule has 1 N–H and O–H groups in total. The van der Waals surface area contributed by atoms with Crippen molar-refractivity contribution in [3.8, 4) is 0 Å². The molecule has 1 aromatic carbocycles. The molecule has 0 atom stereocenters. The van der Waals surface area contributed by atoms with E-state index in [1.54, 1.807) is 19.1 Å². The highest BCUT2D eigenvalue weighted by Crippen LogP contribution is 2.18. The lowest BCUT2D eigenvalue weighted by Gasteiger charge is -2.20. The van der Waals surface area contributed by atoms with Crippen molar-refractivity contribution in [2.45, 2.75) is 13.5 Å². The third-order valence-corrected chi connectivity index (χ3v) is 3.43. The summed E-state index contributed by atoms with van der Waals surface area (Å²) in [4.78, 5) is 24.7. The zero-order chi connectivity index (χ0) is 15.4. The van der Waals surface area contributed by atoms with Crippen LogP contribution in [0, 0.1) is 5.82 Å². The lowest BCUT2D eigenvalue weighted by Crippen LogP contribution is -2.32. The van der Waals surface area contributed by atoms with Crippen LogP contribution in [0.4, 0.5) is 4.39 Å². The molecule has 0 aliphatic rings. The normalized spacial score (nSPS) is 10.4. The molecule has 0 spiro atoms. The molecule has 7 heteroatoms. The van der Waals surface area contributed by atoms with Crippen molar-refractivity contribution in [3.63, 3.8) is 0 Å². The van der Waals surface area contributed by atoms with Crippen molar-refractivity contribution in [1.29, 1.82) is 0 Å². The highest BCUT2D eigenvalue weighted by Gasteiger charge is 2.17. The van der Waals surface area contributed by atoms with Gasteiger partial charge in [-0.1, -0.05) is 15.9 Å². The maximum atomic E-state index is 13.8. The Balaban J connectivity index is 2.23. The topological polar surface area (TPSA) is 66.1 Å². The minimum Gasteiger partial charge on any atom is -0.333 e. The molecule has 1 amide bonds. The largest absolute Gasteiger partial charge is 0.333 e. The van der Waals surface area contributed by atoms with Crippen LogP contribution in [0.1, 0.15) is 23.0 Å². The number of nitrogens with one attached hydrogen (secondary N) is 1. The summed E-state index contributed by atoms with van der Waals surface area (Å²) in [7, 11) is 0. The fraction of sp³-hybridized carbons (Fsp3) is 0.214. The van der Waals surface area contributed by atoms with Crippen LogP contribution in [0.25, 0.3) is 0 Å². The van der Waals surface area contributed by atoms with E-state index in [1.807, 2.05) is 0 Å². The van der Waals surface area contributed by atoms with Crippen LogP contribution in [0.2, 0.25) is 0 Å². The number of halogens is 2. The minimum absolute atomic E-state index is 0.117. The Morgan fingerprint density at radius 3 is 2.76 bits per heavy atom. The van der Waals surface area contributed by atoms with Crippen molar-refractivity contribution >= 4 is 21.8 Å². The molecule has 1 aromatic heterocycles. The Bertz CT molecular complexity index is 697. The molecule has 0 saturated carbocycles. The molecule has 0 fully saturated rings. The summed E-state index contributed by atoms with van der Waals surface area (Å²) in [6, 6.07) is 7.15. The maximum absolute atomic E-state index is 13.8. The average Bonchev–Trinajstić information content (AvgIpc) is 2.48. The number of rotatable bonds is 4. The first-order valence-corrected chi connectivity index (χ1v) is 7.09. The van der Waals surface area contributed by atoms with E-state index in [-0.39, 0.29) is 29.5 Å². The molecule has 0 bridgehead atoms. The minimum atomic E-state index is -0.382. The number of hydrogen-bond donors (Lipinski definition) is 1. The second-order valence-electron chi connectivity index (χ2n) is 4.36. The summed E-state index contributed by atoms with van der Waals surface area (Å²) in [5.74, 6) is -0.744. The molecule has 0 saturated heterocycles. The molecular formula is C14H13BrFN3O2. The quantitative estimate of drug-likeness (QED) is 0.917. The number of aromatic nitrogens is 2. The van der Waals surface area contributed by atoms with Crippen molar-refractivity contribution in [3.05, 3.63) is 62.2 Å². The van der Waals surface area contributed by atoms with E-state index in [4.69, 9.17) is 0 Å². The first-order valence-electron chi connectivity index (χ1n) is 6.30. The molecule has 21 heavy (non-hydrogen) atoms. The van der Waals surface area contributed by atoms with Gasteiger partial charge in [0, 0.05) is 29.2 Å². The monoisotopic (exact) mass is 353 g/mol. The number of benzene rings is 1. The van der Waals surface area contributed by atoms with Gasteiger partial charge >= 0.3 is 0 Å². The number of hydrogen-bond acceptors (Lipinski definition) is 3. The lowest BCUT2D eigenvalue weighted by atomic mass is 10.2. The molecule has 0 unspecified atom stereocenters.